The van der Waals surface area contributed by atoms with Gasteiger partial charge in [0.25, 0.3) is 0 Å². The molecule has 2 aliphatic carbocycles. The second-order valence-corrected chi connectivity index (χ2v) is 6.94. The molecule has 0 radical (unpaired) electrons. The van der Waals surface area contributed by atoms with Crippen LogP contribution in [0.2, 0.25) is 0 Å². The number of nitrogens with one attached hydrogen (secondary N) is 1. The third kappa shape index (κ3) is 3.55. The summed E-state index contributed by atoms with van der Waals surface area (Å²) in [7, 11) is 1.67. The van der Waals surface area contributed by atoms with E-state index in [0.29, 0.717) is 31.7 Å². The van der Waals surface area contributed by atoms with Crippen LogP contribution in [0.4, 0.5) is 0 Å². The Balaban J connectivity index is 1.58. The predicted molar refractivity (Wildman–Crippen MR) is 90.1 cm³/mol. The normalized spacial score (nSPS) is 25.8. The number of hydrogen-bond donors (Lipinski definition) is 2. The van der Waals surface area contributed by atoms with Gasteiger partial charge >= 0.3 is 5.97 Å². The molecule has 2 N–H and O–H groups in total. The first-order valence-electron chi connectivity index (χ1n) is 8.75. The molecule has 24 heavy (non-hydrogen) atoms. The minimum absolute atomic E-state index is 0.0133. The Morgan fingerprint density at radius 1 is 1.25 bits per heavy atom. The molecule has 0 heterocycles. The van der Waals surface area contributed by atoms with Gasteiger partial charge in [0.1, 0.15) is 5.75 Å². The van der Waals surface area contributed by atoms with Crippen molar-refractivity contribution in [3.8, 4) is 5.75 Å². The van der Waals surface area contributed by atoms with Gasteiger partial charge in [-0.3, -0.25) is 9.59 Å². The van der Waals surface area contributed by atoms with Crippen molar-refractivity contribution in [1.29, 1.82) is 0 Å². The molecule has 1 fully saturated rings. The Labute approximate surface area is 142 Å². The summed E-state index contributed by atoms with van der Waals surface area (Å²) < 4.78 is 5.29. The highest BCUT2D eigenvalue weighted by Gasteiger charge is 2.34. The molecule has 1 amide bonds. The standard InChI is InChI=1S/C19H25NO4/c1-24-16-7-8-17-12(10-16)3-2-4-15(17)11-20-18(21)13-5-6-14(9-13)19(22)23/h7-8,10,13-15H,2-6,9,11H2,1H3,(H,20,21)(H,22,23)/t13-,14+,15?/m1/s1. The highest BCUT2D eigenvalue weighted by atomic mass is 16.5. The first-order chi connectivity index (χ1) is 11.6. The maximum Gasteiger partial charge on any atom is 0.306 e. The molecule has 1 saturated carbocycles. The lowest BCUT2D eigenvalue weighted by Crippen LogP contribution is -2.34. The van der Waals surface area contributed by atoms with Crippen LogP contribution in [-0.2, 0) is 16.0 Å². The van der Waals surface area contributed by atoms with E-state index in [1.54, 1.807) is 7.11 Å². The molecule has 2 aliphatic rings. The molecule has 3 atom stereocenters. The first kappa shape index (κ1) is 16.8. The number of hydrogen-bond acceptors (Lipinski definition) is 3. The second kappa shape index (κ2) is 7.24. The Kier molecular flexibility index (Phi) is 5.07. The Morgan fingerprint density at radius 3 is 2.75 bits per heavy atom. The summed E-state index contributed by atoms with van der Waals surface area (Å²) >= 11 is 0. The molecule has 5 nitrogen and oxygen atoms in total. The van der Waals surface area contributed by atoms with Crippen molar-refractivity contribution in [1.82, 2.24) is 5.32 Å². The van der Waals surface area contributed by atoms with Gasteiger partial charge < -0.3 is 15.2 Å². The molecule has 130 valence electrons. The molecule has 0 spiro atoms. The van der Waals surface area contributed by atoms with Gasteiger partial charge in [0.05, 0.1) is 13.0 Å². The molecular formula is C19H25NO4. The Morgan fingerprint density at radius 2 is 2.04 bits per heavy atom. The van der Waals surface area contributed by atoms with Crippen LogP contribution in [0.15, 0.2) is 18.2 Å². The van der Waals surface area contributed by atoms with Crippen LogP contribution >= 0.6 is 0 Å². The van der Waals surface area contributed by atoms with Gasteiger partial charge in [-0.15, -0.1) is 0 Å². The minimum Gasteiger partial charge on any atom is -0.497 e. The fraction of sp³-hybridized carbons (Fsp3) is 0.579. The Bertz CT molecular complexity index is 628. The number of benzene rings is 1. The van der Waals surface area contributed by atoms with Crippen molar-refractivity contribution in [3.05, 3.63) is 29.3 Å². The molecular weight excluding hydrogens is 306 g/mol. The minimum atomic E-state index is -0.777. The number of carbonyl (C=O) groups excluding carboxylic acids is 1. The zero-order valence-corrected chi connectivity index (χ0v) is 14.1. The summed E-state index contributed by atoms with van der Waals surface area (Å²) in [6.07, 6.45) is 5.01. The lowest BCUT2D eigenvalue weighted by atomic mass is 9.82. The van der Waals surface area contributed by atoms with Gasteiger partial charge in [-0.2, -0.15) is 0 Å². The molecule has 1 aromatic rings. The number of carboxylic acids is 1. The number of ether oxygens (including phenoxy) is 1. The van der Waals surface area contributed by atoms with Crippen molar-refractivity contribution in [2.45, 2.75) is 44.4 Å². The van der Waals surface area contributed by atoms with E-state index in [9.17, 15) is 9.59 Å². The number of aliphatic carboxylic acids is 1. The molecule has 0 saturated heterocycles. The number of carboxylic acid groups (broad SMARTS) is 1. The predicted octanol–water partition coefficient (Wildman–Crippen LogP) is 2.73. The first-order valence-corrected chi connectivity index (χ1v) is 8.75. The Hall–Kier alpha value is -2.04. The second-order valence-electron chi connectivity index (χ2n) is 6.94. The van der Waals surface area contributed by atoms with Crippen LogP contribution in [0.1, 0.15) is 49.1 Å². The van der Waals surface area contributed by atoms with E-state index in [1.165, 1.54) is 11.1 Å². The third-order valence-corrected chi connectivity index (χ3v) is 5.46. The number of rotatable bonds is 5. The van der Waals surface area contributed by atoms with E-state index in [-0.39, 0.29) is 17.7 Å². The number of fused-ring (bicyclic) bond motifs is 1. The number of aryl methyl sites for hydroxylation is 1. The van der Waals surface area contributed by atoms with Gasteiger partial charge in [-0.25, -0.2) is 0 Å². The third-order valence-electron chi connectivity index (χ3n) is 5.46. The van der Waals surface area contributed by atoms with E-state index in [4.69, 9.17) is 9.84 Å². The monoisotopic (exact) mass is 331 g/mol. The van der Waals surface area contributed by atoms with Crippen LogP contribution in [-0.4, -0.2) is 30.6 Å². The van der Waals surface area contributed by atoms with Crippen molar-refractivity contribution < 1.29 is 19.4 Å². The molecule has 0 aromatic heterocycles. The SMILES string of the molecule is COc1ccc2c(c1)CCCC2CNC(=O)[C@@H]1CC[C@H](C(=O)O)C1. The maximum absolute atomic E-state index is 12.3. The smallest absolute Gasteiger partial charge is 0.306 e. The van der Waals surface area contributed by atoms with Gasteiger partial charge in [-0.05, 0) is 61.8 Å². The number of amides is 1. The van der Waals surface area contributed by atoms with E-state index in [1.807, 2.05) is 6.07 Å². The fourth-order valence-electron chi connectivity index (χ4n) is 4.04. The summed E-state index contributed by atoms with van der Waals surface area (Å²) in [4.78, 5) is 23.4. The van der Waals surface area contributed by atoms with E-state index >= 15 is 0 Å². The lowest BCUT2D eigenvalue weighted by Gasteiger charge is -2.26. The molecule has 5 heteroatoms. The quantitative estimate of drug-likeness (QED) is 0.870. The molecule has 3 rings (SSSR count). The zero-order chi connectivity index (χ0) is 17.1. The van der Waals surface area contributed by atoms with Gasteiger partial charge in [0, 0.05) is 18.4 Å². The van der Waals surface area contributed by atoms with Crippen molar-refractivity contribution >= 4 is 11.9 Å². The fourth-order valence-corrected chi connectivity index (χ4v) is 4.04. The highest BCUT2D eigenvalue weighted by Crippen LogP contribution is 2.34. The topological polar surface area (TPSA) is 75.6 Å². The van der Waals surface area contributed by atoms with Crippen LogP contribution in [0, 0.1) is 11.8 Å². The van der Waals surface area contributed by atoms with E-state index in [2.05, 4.69) is 17.4 Å². The summed E-state index contributed by atoms with van der Waals surface area (Å²) in [5.74, 6) is -0.0575. The van der Waals surface area contributed by atoms with Gasteiger partial charge in [-0.1, -0.05) is 6.07 Å². The summed E-state index contributed by atoms with van der Waals surface area (Å²) in [6.45, 7) is 0.631. The zero-order valence-electron chi connectivity index (χ0n) is 14.1. The van der Waals surface area contributed by atoms with Crippen LogP contribution in [0.25, 0.3) is 0 Å². The van der Waals surface area contributed by atoms with Gasteiger partial charge in [0.15, 0.2) is 0 Å². The summed E-state index contributed by atoms with van der Waals surface area (Å²) in [5.41, 5.74) is 2.61. The van der Waals surface area contributed by atoms with E-state index in [0.717, 1.165) is 25.0 Å². The molecule has 1 aromatic carbocycles. The average Bonchev–Trinajstić information content (AvgIpc) is 3.09. The maximum atomic E-state index is 12.3. The number of methoxy groups -OCH3 is 1. The van der Waals surface area contributed by atoms with Gasteiger partial charge in [0.2, 0.25) is 5.91 Å². The lowest BCUT2D eigenvalue weighted by molar-refractivity contribution is -0.141. The molecule has 0 aliphatic heterocycles. The largest absolute Gasteiger partial charge is 0.497 e. The molecule has 0 bridgehead atoms. The van der Waals surface area contributed by atoms with Crippen molar-refractivity contribution in [2.24, 2.45) is 11.8 Å². The van der Waals surface area contributed by atoms with Crippen LogP contribution in [0.3, 0.4) is 0 Å². The van der Waals surface area contributed by atoms with Crippen LogP contribution in [0.5, 0.6) is 5.75 Å². The molecule has 1 unspecified atom stereocenters. The summed E-state index contributed by atoms with van der Waals surface area (Å²) in [6, 6.07) is 6.19. The highest BCUT2D eigenvalue weighted by molar-refractivity contribution is 5.80. The average molecular weight is 331 g/mol. The van der Waals surface area contributed by atoms with Crippen molar-refractivity contribution in [3.63, 3.8) is 0 Å². The summed E-state index contributed by atoms with van der Waals surface area (Å²) in [5, 5.41) is 12.1. The van der Waals surface area contributed by atoms with Crippen molar-refractivity contribution in [2.75, 3.05) is 13.7 Å². The van der Waals surface area contributed by atoms with E-state index < -0.39 is 5.97 Å². The van der Waals surface area contributed by atoms with Crippen LogP contribution < -0.4 is 10.1 Å². The number of carbonyl (C=O) groups is 2.